The first kappa shape index (κ1) is 15.2. The molecular weight excluding hydrogens is 292 g/mol. The van der Waals surface area contributed by atoms with Crippen LogP contribution in [0, 0.1) is 0 Å². The maximum atomic E-state index is 12.1. The van der Waals surface area contributed by atoms with Gasteiger partial charge in [-0.15, -0.1) is 0 Å². The molecule has 2 aromatic rings. The summed E-state index contributed by atoms with van der Waals surface area (Å²) in [7, 11) is 1.35. The molecule has 2 atom stereocenters. The van der Waals surface area contributed by atoms with Crippen molar-refractivity contribution in [1.82, 2.24) is 0 Å². The van der Waals surface area contributed by atoms with E-state index in [0.717, 1.165) is 16.7 Å². The Bertz CT molecular complexity index is 728. The lowest BCUT2D eigenvalue weighted by molar-refractivity contribution is -0.143. The number of ether oxygens (including phenoxy) is 2. The maximum Gasteiger partial charge on any atom is 0.335 e. The first-order valence-electron chi connectivity index (χ1n) is 7.40. The van der Waals surface area contributed by atoms with Gasteiger partial charge in [0.05, 0.1) is 7.11 Å². The van der Waals surface area contributed by atoms with Gasteiger partial charge in [-0.05, 0) is 23.3 Å². The summed E-state index contributed by atoms with van der Waals surface area (Å²) in [5.74, 6) is 0.0191. The standard InChI is InChI=1S/C18H18N2O3/c1-22-18(21)15-16(14-10-6-5-9-13(14)11-19)23-17(20-15)12-7-3-2-4-8-12/h2-10,15-16H,11,19H2,1H3. The topological polar surface area (TPSA) is 73.9 Å². The Balaban J connectivity index is 1.99. The van der Waals surface area contributed by atoms with E-state index in [4.69, 9.17) is 15.2 Å². The van der Waals surface area contributed by atoms with Gasteiger partial charge in [-0.1, -0.05) is 42.5 Å². The average Bonchev–Trinajstić information content (AvgIpc) is 3.07. The van der Waals surface area contributed by atoms with Crippen molar-refractivity contribution in [2.45, 2.75) is 18.7 Å². The van der Waals surface area contributed by atoms with Gasteiger partial charge < -0.3 is 15.2 Å². The predicted molar refractivity (Wildman–Crippen MR) is 86.9 cm³/mol. The van der Waals surface area contributed by atoms with Crippen LogP contribution >= 0.6 is 0 Å². The van der Waals surface area contributed by atoms with Gasteiger partial charge in [0.15, 0.2) is 12.1 Å². The molecule has 0 saturated carbocycles. The van der Waals surface area contributed by atoms with E-state index in [1.54, 1.807) is 0 Å². The molecule has 0 bridgehead atoms. The Morgan fingerprint density at radius 2 is 1.87 bits per heavy atom. The van der Waals surface area contributed by atoms with Crippen molar-refractivity contribution in [3.05, 3.63) is 71.3 Å². The number of hydrogen-bond donors (Lipinski definition) is 1. The lowest BCUT2D eigenvalue weighted by Crippen LogP contribution is -2.26. The van der Waals surface area contributed by atoms with Crippen molar-refractivity contribution in [2.75, 3.05) is 7.11 Å². The minimum absolute atomic E-state index is 0.366. The van der Waals surface area contributed by atoms with Crippen LogP contribution in [-0.2, 0) is 20.8 Å². The Hall–Kier alpha value is -2.66. The number of aliphatic imine (C=N–C) groups is 1. The van der Waals surface area contributed by atoms with Gasteiger partial charge in [-0.25, -0.2) is 9.79 Å². The second kappa shape index (κ2) is 6.62. The zero-order valence-corrected chi connectivity index (χ0v) is 12.8. The molecule has 2 N–H and O–H groups in total. The molecule has 0 radical (unpaired) electrons. The van der Waals surface area contributed by atoms with E-state index < -0.39 is 18.1 Å². The summed E-state index contributed by atoms with van der Waals surface area (Å²) in [5.41, 5.74) is 8.42. The Kier molecular flexibility index (Phi) is 4.39. The van der Waals surface area contributed by atoms with Gasteiger partial charge in [-0.2, -0.15) is 0 Å². The average molecular weight is 310 g/mol. The molecule has 23 heavy (non-hydrogen) atoms. The first-order chi connectivity index (χ1) is 11.2. The Morgan fingerprint density at radius 3 is 2.57 bits per heavy atom. The molecule has 0 aliphatic carbocycles. The van der Waals surface area contributed by atoms with Crippen molar-refractivity contribution in [3.8, 4) is 0 Å². The largest absolute Gasteiger partial charge is 0.467 e. The molecule has 5 nitrogen and oxygen atoms in total. The van der Waals surface area contributed by atoms with Crippen LogP contribution in [0.15, 0.2) is 59.6 Å². The second-order valence-electron chi connectivity index (χ2n) is 5.21. The van der Waals surface area contributed by atoms with Crippen LogP contribution in [0.1, 0.15) is 22.8 Å². The molecule has 0 amide bonds. The fourth-order valence-corrected chi connectivity index (χ4v) is 2.66. The minimum atomic E-state index is -0.733. The molecule has 5 heteroatoms. The van der Waals surface area contributed by atoms with E-state index in [0.29, 0.717) is 12.4 Å². The van der Waals surface area contributed by atoms with Crippen molar-refractivity contribution < 1.29 is 14.3 Å². The minimum Gasteiger partial charge on any atom is -0.467 e. The fraction of sp³-hybridized carbons (Fsp3) is 0.222. The highest BCUT2D eigenvalue weighted by atomic mass is 16.5. The molecule has 1 aliphatic heterocycles. The normalized spacial score (nSPS) is 19.8. The maximum absolute atomic E-state index is 12.1. The summed E-state index contributed by atoms with van der Waals surface area (Å²) in [4.78, 5) is 16.6. The Morgan fingerprint density at radius 1 is 1.17 bits per heavy atom. The van der Waals surface area contributed by atoms with Gasteiger partial charge in [-0.3, -0.25) is 0 Å². The third kappa shape index (κ3) is 2.96. The van der Waals surface area contributed by atoms with E-state index in [1.807, 2.05) is 54.6 Å². The van der Waals surface area contributed by atoms with Gasteiger partial charge in [0.2, 0.25) is 5.90 Å². The number of nitrogens with two attached hydrogens (primary N) is 1. The quantitative estimate of drug-likeness (QED) is 0.879. The van der Waals surface area contributed by atoms with Gasteiger partial charge >= 0.3 is 5.97 Å². The molecule has 1 aliphatic rings. The lowest BCUT2D eigenvalue weighted by Gasteiger charge is -2.19. The number of esters is 1. The van der Waals surface area contributed by atoms with E-state index in [2.05, 4.69) is 4.99 Å². The third-order valence-corrected chi connectivity index (χ3v) is 3.83. The molecule has 1 heterocycles. The van der Waals surface area contributed by atoms with E-state index in [1.165, 1.54) is 7.11 Å². The van der Waals surface area contributed by atoms with Crippen LogP contribution in [-0.4, -0.2) is 25.0 Å². The predicted octanol–water partition coefficient (Wildman–Crippen LogP) is 2.21. The van der Waals surface area contributed by atoms with Crippen LogP contribution in [0.3, 0.4) is 0 Å². The smallest absolute Gasteiger partial charge is 0.335 e. The molecule has 2 aromatic carbocycles. The molecule has 0 fully saturated rings. The number of methoxy groups -OCH3 is 1. The van der Waals surface area contributed by atoms with Crippen molar-refractivity contribution in [3.63, 3.8) is 0 Å². The highest BCUT2D eigenvalue weighted by molar-refractivity contribution is 5.98. The summed E-state index contributed by atoms with van der Waals surface area (Å²) in [6.07, 6.45) is -0.530. The van der Waals surface area contributed by atoms with Crippen LogP contribution in [0.2, 0.25) is 0 Å². The zero-order valence-electron chi connectivity index (χ0n) is 12.8. The lowest BCUT2D eigenvalue weighted by atomic mass is 9.97. The first-order valence-corrected chi connectivity index (χ1v) is 7.40. The summed E-state index contributed by atoms with van der Waals surface area (Å²) < 4.78 is 10.9. The molecule has 2 unspecified atom stereocenters. The number of nitrogens with zero attached hydrogens (tertiary/aromatic N) is 1. The second-order valence-corrected chi connectivity index (χ2v) is 5.21. The molecule has 0 saturated heterocycles. The van der Waals surface area contributed by atoms with Gasteiger partial charge in [0, 0.05) is 12.1 Å². The van der Waals surface area contributed by atoms with Gasteiger partial charge in [0.25, 0.3) is 0 Å². The fourth-order valence-electron chi connectivity index (χ4n) is 2.66. The number of benzene rings is 2. The SMILES string of the molecule is COC(=O)C1N=C(c2ccccc2)OC1c1ccccc1CN. The molecule has 3 rings (SSSR count). The van der Waals surface area contributed by atoms with E-state index in [9.17, 15) is 4.79 Å². The van der Waals surface area contributed by atoms with E-state index >= 15 is 0 Å². The van der Waals surface area contributed by atoms with Crippen molar-refractivity contribution >= 4 is 11.9 Å². The zero-order chi connectivity index (χ0) is 16.2. The summed E-state index contributed by atoms with van der Waals surface area (Å²) in [6, 6.07) is 16.4. The highest BCUT2D eigenvalue weighted by Gasteiger charge is 2.39. The van der Waals surface area contributed by atoms with Crippen LogP contribution in [0.4, 0.5) is 0 Å². The summed E-state index contributed by atoms with van der Waals surface area (Å²) in [6.45, 7) is 0.366. The monoisotopic (exact) mass is 310 g/mol. The van der Waals surface area contributed by atoms with Crippen LogP contribution in [0.5, 0.6) is 0 Å². The van der Waals surface area contributed by atoms with Crippen molar-refractivity contribution in [2.24, 2.45) is 10.7 Å². The van der Waals surface area contributed by atoms with Gasteiger partial charge in [0.1, 0.15) is 0 Å². The van der Waals surface area contributed by atoms with Crippen LogP contribution in [0.25, 0.3) is 0 Å². The van der Waals surface area contributed by atoms with E-state index in [-0.39, 0.29) is 0 Å². The molecular formula is C18H18N2O3. The third-order valence-electron chi connectivity index (χ3n) is 3.83. The number of carbonyl (C=O) groups excluding carboxylic acids is 1. The van der Waals surface area contributed by atoms with Crippen molar-refractivity contribution in [1.29, 1.82) is 0 Å². The molecule has 118 valence electrons. The summed E-state index contributed by atoms with van der Waals surface area (Å²) >= 11 is 0. The highest BCUT2D eigenvalue weighted by Crippen LogP contribution is 2.33. The number of carbonyl (C=O) groups is 1. The Labute approximate surface area is 134 Å². The van der Waals surface area contributed by atoms with Crippen LogP contribution < -0.4 is 5.73 Å². The number of hydrogen-bond acceptors (Lipinski definition) is 5. The summed E-state index contributed by atoms with van der Waals surface area (Å²) in [5, 5.41) is 0. The molecule has 0 aromatic heterocycles. The number of rotatable bonds is 4. The molecule has 0 spiro atoms.